The van der Waals surface area contributed by atoms with Gasteiger partial charge in [-0.15, -0.1) is 0 Å². The van der Waals surface area contributed by atoms with Crippen LogP contribution in [0.2, 0.25) is 0 Å². The average Bonchev–Trinajstić information content (AvgIpc) is 3.05. The molecule has 0 bridgehead atoms. The summed E-state index contributed by atoms with van der Waals surface area (Å²) >= 11 is 1.72. The van der Waals surface area contributed by atoms with Crippen molar-refractivity contribution < 1.29 is 9.90 Å². The van der Waals surface area contributed by atoms with Crippen molar-refractivity contribution >= 4 is 17.7 Å². The molecule has 0 radical (unpaired) electrons. The zero-order valence-electron chi connectivity index (χ0n) is 11.6. The number of hydrogen-bond donors (Lipinski definition) is 2. The molecule has 0 saturated carbocycles. The van der Waals surface area contributed by atoms with Crippen molar-refractivity contribution in [3.05, 3.63) is 42.6 Å². The number of amides is 1. The lowest BCUT2D eigenvalue weighted by Gasteiger charge is -2.06. The standard InChI is InChI=1S/C14H18N4O2S/c19-7-1-8-21-9-5-16-14(20)12-2-3-13(17-10-12)18-6-4-15-11-18/h2-4,6,10-11,19H,1,5,7-9H2,(H,16,20). The van der Waals surface area contributed by atoms with Crippen LogP contribution in [0.4, 0.5) is 0 Å². The molecule has 0 aliphatic heterocycles. The minimum atomic E-state index is -0.123. The van der Waals surface area contributed by atoms with Crippen LogP contribution in [0, 0.1) is 0 Å². The van der Waals surface area contributed by atoms with Crippen LogP contribution in [-0.2, 0) is 0 Å². The van der Waals surface area contributed by atoms with E-state index in [2.05, 4.69) is 15.3 Å². The van der Waals surface area contributed by atoms with Crippen LogP contribution in [0.25, 0.3) is 5.82 Å². The van der Waals surface area contributed by atoms with Crippen molar-refractivity contribution in [2.75, 3.05) is 24.7 Å². The second-order valence-electron chi connectivity index (χ2n) is 4.32. The summed E-state index contributed by atoms with van der Waals surface area (Å²) in [5.41, 5.74) is 0.541. The summed E-state index contributed by atoms with van der Waals surface area (Å²) in [6.07, 6.45) is 7.48. The average molecular weight is 306 g/mol. The van der Waals surface area contributed by atoms with Gasteiger partial charge in [0.2, 0.25) is 0 Å². The lowest BCUT2D eigenvalue weighted by atomic mass is 10.2. The third-order valence-corrected chi connectivity index (χ3v) is 3.83. The molecule has 2 heterocycles. The molecule has 112 valence electrons. The normalized spacial score (nSPS) is 10.5. The number of aromatic nitrogens is 3. The summed E-state index contributed by atoms with van der Waals surface area (Å²) in [7, 11) is 0. The summed E-state index contributed by atoms with van der Waals surface area (Å²) in [6.45, 7) is 0.826. The highest BCUT2D eigenvalue weighted by atomic mass is 32.2. The number of carbonyl (C=O) groups is 1. The predicted molar refractivity (Wildman–Crippen MR) is 82.7 cm³/mol. The van der Waals surface area contributed by atoms with Crippen molar-refractivity contribution in [3.8, 4) is 5.82 Å². The highest BCUT2D eigenvalue weighted by Crippen LogP contribution is 2.05. The van der Waals surface area contributed by atoms with E-state index in [9.17, 15) is 4.79 Å². The van der Waals surface area contributed by atoms with E-state index in [1.807, 2.05) is 0 Å². The molecule has 1 amide bonds. The van der Waals surface area contributed by atoms with Crippen LogP contribution in [0.1, 0.15) is 16.8 Å². The Morgan fingerprint density at radius 3 is 2.95 bits per heavy atom. The molecular weight excluding hydrogens is 288 g/mol. The van der Waals surface area contributed by atoms with E-state index >= 15 is 0 Å². The molecule has 0 spiro atoms. The molecule has 0 saturated heterocycles. The van der Waals surface area contributed by atoms with Gasteiger partial charge in [0.05, 0.1) is 5.56 Å². The molecule has 0 aliphatic rings. The van der Waals surface area contributed by atoms with Crippen LogP contribution in [0.3, 0.4) is 0 Å². The smallest absolute Gasteiger partial charge is 0.252 e. The first-order valence-electron chi connectivity index (χ1n) is 6.72. The molecule has 2 aromatic rings. The van der Waals surface area contributed by atoms with Gasteiger partial charge in [-0.3, -0.25) is 9.36 Å². The summed E-state index contributed by atoms with van der Waals surface area (Å²) in [4.78, 5) is 20.1. The fraction of sp³-hybridized carbons (Fsp3) is 0.357. The molecule has 2 rings (SSSR count). The number of nitrogens with one attached hydrogen (secondary N) is 1. The number of aliphatic hydroxyl groups is 1. The van der Waals surface area contributed by atoms with Crippen molar-refractivity contribution in [1.29, 1.82) is 0 Å². The van der Waals surface area contributed by atoms with Crippen molar-refractivity contribution in [2.45, 2.75) is 6.42 Å². The van der Waals surface area contributed by atoms with Gasteiger partial charge in [0.25, 0.3) is 5.91 Å². The minimum absolute atomic E-state index is 0.123. The van der Waals surface area contributed by atoms with Crippen molar-refractivity contribution in [1.82, 2.24) is 19.9 Å². The Morgan fingerprint density at radius 1 is 1.38 bits per heavy atom. The lowest BCUT2D eigenvalue weighted by molar-refractivity contribution is 0.0956. The van der Waals surface area contributed by atoms with Gasteiger partial charge in [-0.2, -0.15) is 11.8 Å². The summed E-state index contributed by atoms with van der Waals surface area (Å²) < 4.78 is 1.78. The molecule has 2 aromatic heterocycles. The molecule has 0 aliphatic carbocycles. The zero-order chi connectivity index (χ0) is 14.9. The van der Waals surface area contributed by atoms with Crippen LogP contribution in [-0.4, -0.2) is 50.2 Å². The van der Waals surface area contributed by atoms with Crippen molar-refractivity contribution in [2.24, 2.45) is 0 Å². The van der Waals surface area contributed by atoms with E-state index < -0.39 is 0 Å². The number of rotatable bonds is 8. The van der Waals surface area contributed by atoms with Gasteiger partial charge in [0.1, 0.15) is 12.1 Å². The number of pyridine rings is 1. The van der Waals surface area contributed by atoms with Gasteiger partial charge in [-0.1, -0.05) is 0 Å². The number of thioether (sulfide) groups is 1. The van der Waals surface area contributed by atoms with E-state index in [-0.39, 0.29) is 12.5 Å². The first-order chi connectivity index (χ1) is 10.3. The first kappa shape index (κ1) is 15.5. The van der Waals surface area contributed by atoms with E-state index in [0.717, 1.165) is 23.7 Å². The Labute approximate surface area is 127 Å². The number of carbonyl (C=O) groups excluding carboxylic acids is 1. The summed E-state index contributed by atoms with van der Waals surface area (Å²) in [6, 6.07) is 3.53. The Morgan fingerprint density at radius 2 is 2.29 bits per heavy atom. The van der Waals surface area contributed by atoms with Crippen LogP contribution in [0.15, 0.2) is 37.1 Å². The maximum atomic E-state index is 11.9. The fourth-order valence-corrected chi connectivity index (χ4v) is 2.46. The first-order valence-corrected chi connectivity index (χ1v) is 7.88. The lowest BCUT2D eigenvalue weighted by Crippen LogP contribution is -2.26. The van der Waals surface area contributed by atoms with Gasteiger partial charge in [0, 0.05) is 37.5 Å². The van der Waals surface area contributed by atoms with Crippen LogP contribution >= 0.6 is 11.8 Å². The van der Waals surface area contributed by atoms with Crippen LogP contribution in [0.5, 0.6) is 0 Å². The largest absolute Gasteiger partial charge is 0.396 e. The molecule has 21 heavy (non-hydrogen) atoms. The molecule has 0 fully saturated rings. The molecule has 0 unspecified atom stereocenters. The van der Waals surface area contributed by atoms with E-state index in [0.29, 0.717) is 12.1 Å². The maximum Gasteiger partial charge on any atom is 0.252 e. The second-order valence-corrected chi connectivity index (χ2v) is 5.55. The van der Waals surface area contributed by atoms with Gasteiger partial charge in [0.15, 0.2) is 0 Å². The quantitative estimate of drug-likeness (QED) is 0.714. The van der Waals surface area contributed by atoms with E-state index in [1.54, 1.807) is 53.4 Å². The van der Waals surface area contributed by atoms with Gasteiger partial charge in [-0.25, -0.2) is 9.97 Å². The van der Waals surface area contributed by atoms with E-state index in [4.69, 9.17) is 5.11 Å². The highest BCUT2D eigenvalue weighted by molar-refractivity contribution is 7.99. The van der Waals surface area contributed by atoms with Crippen LogP contribution < -0.4 is 5.32 Å². The third kappa shape index (κ3) is 4.87. The molecule has 6 nitrogen and oxygen atoms in total. The Kier molecular flexibility index (Phi) is 6.23. The number of nitrogens with zero attached hydrogens (tertiary/aromatic N) is 3. The SMILES string of the molecule is O=C(NCCSCCCO)c1ccc(-n2ccnc2)nc1. The molecule has 0 aromatic carbocycles. The van der Waals surface area contributed by atoms with Gasteiger partial charge < -0.3 is 10.4 Å². The number of imidazole rings is 1. The monoisotopic (exact) mass is 306 g/mol. The molecule has 0 atom stereocenters. The minimum Gasteiger partial charge on any atom is -0.396 e. The summed E-state index contributed by atoms with van der Waals surface area (Å²) in [5, 5.41) is 11.5. The maximum absolute atomic E-state index is 11.9. The van der Waals surface area contributed by atoms with Gasteiger partial charge >= 0.3 is 0 Å². The highest BCUT2D eigenvalue weighted by Gasteiger charge is 2.06. The second kappa shape index (κ2) is 8.43. The predicted octanol–water partition coefficient (Wildman–Crippen LogP) is 1.11. The third-order valence-electron chi connectivity index (χ3n) is 2.76. The molecule has 7 heteroatoms. The Bertz CT molecular complexity index is 543. The van der Waals surface area contributed by atoms with E-state index in [1.165, 1.54) is 0 Å². The van der Waals surface area contributed by atoms with Gasteiger partial charge in [-0.05, 0) is 24.3 Å². The zero-order valence-corrected chi connectivity index (χ0v) is 12.4. The fourth-order valence-electron chi connectivity index (χ4n) is 1.68. The molecular formula is C14H18N4O2S. The molecule has 2 N–H and O–H groups in total. The topological polar surface area (TPSA) is 80.0 Å². The summed E-state index contributed by atoms with van der Waals surface area (Å²) in [5.74, 6) is 2.35. The number of aliphatic hydroxyl groups excluding tert-OH is 1. The van der Waals surface area contributed by atoms with Crippen molar-refractivity contribution in [3.63, 3.8) is 0 Å². The Balaban J connectivity index is 1.78. The Hall–Kier alpha value is -1.86. The number of hydrogen-bond acceptors (Lipinski definition) is 5.